The maximum absolute atomic E-state index is 12.7. The Morgan fingerprint density at radius 1 is 1.22 bits per heavy atom. The first-order chi connectivity index (χ1) is 12.7. The third-order valence-electron chi connectivity index (χ3n) is 4.05. The predicted molar refractivity (Wildman–Crippen MR) is 95.7 cm³/mol. The molecule has 0 aliphatic carbocycles. The molecule has 3 N–H and O–H groups in total. The number of benzene rings is 1. The van der Waals surface area contributed by atoms with Gasteiger partial charge < -0.3 is 5.32 Å². The van der Waals surface area contributed by atoms with Crippen LogP contribution in [0.5, 0.6) is 0 Å². The highest BCUT2D eigenvalue weighted by Crippen LogP contribution is 2.12. The molecule has 0 bridgehead atoms. The maximum Gasteiger partial charge on any atom is 0.313 e. The van der Waals surface area contributed by atoms with Crippen LogP contribution in [0.15, 0.2) is 35.2 Å². The van der Waals surface area contributed by atoms with E-state index in [0.717, 1.165) is 0 Å². The van der Waals surface area contributed by atoms with Crippen molar-refractivity contribution in [1.29, 1.82) is 0 Å². The van der Waals surface area contributed by atoms with Gasteiger partial charge in [-0.25, -0.2) is 13.9 Å². The lowest BCUT2D eigenvalue weighted by molar-refractivity contribution is -0.149. The summed E-state index contributed by atoms with van der Waals surface area (Å²) in [4.78, 5) is 41.2. The number of carbonyl (C=O) groups excluding carboxylic acids is 3. The number of hydrogen-bond donors (Lipinski definition) is 3. The zero-order chi connectivity index (χ0) is 20.0. The van der Waals surface area contributed by atoms with Crippen molar-refractivity contribution in [3.05, 3.63) is 30.3 Å². The summed E-state index contributed by atoms with van der Waals surface area (Å²) >= 11 is 0. The molecular formula is C17H23N3O6S. The van der Waals surface area contributed by atoms with Gasteiger partial charge in [0.1, 0.15) is 6.04 Å². The second-order valence-corrected chi connectivity index (χ2v) is 8.22. The van der Waals surface area contributed by atoms with Crippen LogP contribution >= 0.6 is 0 Å². The minimum absolute atomic E-state index is 0.0296. The van der Waals surface area contributed by atoms with Crippen molar-refractivity contribution in [3.63, 3.8) is 0 Å². The second-order valence-electron chi connectivity index (χ2n) is 6.50. The molecule has 2 atom stereocenters. The zero-order valence-electron chi connectivity index (χ0n) is 15.1. The summed E-state index contributed by atoms with van der Waals surface area (Å²) in [6.45, 7) is 3.57. The molecule has 2 amide bonds. The minimum Gasteiger partial charge on any atom is -0.344 e. The third-order valence-corrected chi connectivity index (χ3v) is 5.50. The topological polar surface area (TPSA) is 131 Å². The quantitative estimate of drug-likeness (QED) is 0.574. The molecule has 0 spiro atoms. The number of nitrogens with one attached hydrogen (secondary N) is 3. The smallest absolute Gasteiger partial charge is 0.313 e. The molecule has 1 heterocycles. The monoisotopic (exact) mass is 397 g/mol. The lowest BCUT2D eigenvalue weighted by atomic mass is 10.0. The maximum atomic E-state index is 12.7. The molecule has 1 aliphatic rings. The van der Waals surface area contributed by atoms with Crippen LogP contribution < -0.4 is 15.5 Å². The average Bonchev–Trinajstić information content (AvgIpc) is 2.63. The van der Waals surface area contributed by atoms with E-state index in [-0.39, 0.29) is 23.8 Å². The Morgan fingerprint density at radius 2 is 1.89 bits per heavy atom. The summed E-state index contributed by atoms with van der Waals surface area (Å²) in [7, 11) is -3.92. The molecule has 1 aromatic carbocycles. The number of ketones is 1. The Hall–Kier alpha value is -2.30. The number of rotatable bonds is 6. The highest BCUT2D eigenvalue weighted by molar-refractivity contribution is 7.89. The number of amides is 2. The van der Waals surface area contributed by atoms with Crippen molar-refractivity contribution < 1.29 is 27.6 Å². The molecule has 1 fully saturated rings. The van der Waals surface area contributed by atoms with Gasteiger partial charge in [0.05, 0.1) is 17.5 Å². The molecule has 2 rings (SSSR count). The number of Topliss-reactive ketones (excluding diaryl/α,β-unsaturated/α-hetero) is 1. The van der Waals surface area contributed by atoms with Crippen molar-refractivity contribution in [2.45, 2.75) is 43.7 Å². The first-order valence-electron chi connectivity index (χ1n) is 8.56. The van der Waals surface area contributed by atoms with Gasteiger partial charge in [-0.2, -0.15) is 4.72 Å². The van der Waals surface area contributed by atoms with Gasteiger partial charge >= 0.3 is 5.91 Å². The lowest BCUT2D eigenvalue weighted by Crippen LogP contribution is -2.55. The third kappa shape index (κ3) is 5.59. The van der Waals surface area contributed by atoms with Crippen molar-refractivity contribution in [2.75, 3.05) is 6.61 Å². The largest absolute Gasteiger partial charge is 0.344 e. The molecule has 1 aromatic rings. The van der Waals surface area contributed by atoms with E-state index in [0.29, 0.717) is 6.42 Å². The van der Waals surface area contributed by atoms with E-state index in [4.69, 9.17) is 4.84 Å². The zero-order valence-corrected chi connectivity index (χ0v) is 15.9. The fourth-order valence-electron chi connectivity index (χ4n) is 2.54. The molecule has 0 aromatic heterocycles. The Labute approximate surface area is 157 Å². The van der Waals surface area contributed by atoms with Crippen molar-refractivity contribution in [1.82, 2.24) is 15.5 Å². The molecule has 1 aliphatic heterocycles. The van der Waals surface area contributed by atoms with Crippen LogP contribution in [0.1, 0.15) is 26.7 Å². The van der Waals surface area contributed by atoms with Crippen LogP contribution in [-0.2, 0) is 29.2 Å². The van der Waals surface area contributed by atoms with E-state index < -0.39 is 39.7 Å². The van der Waals surface area contributed by atoms with Crippen LogP contribution in [0.25, 0.3) is 0 Å². The van der Waals surface area contributed by atoms with Gasteiger partial charge in [0, 0.05) is 0 Å². The van der Waals surface area contributed by atoms with E-state index in [1.165, 1.54) is 12.1 Å². The molecule has 148 valence electrons. The highest BCUT2D eigenvalue weighted by Gasteiger charge is 2.33. The summed E-state index contributed by atoms with van der Waals surface area (Å²) in [5.74, 6) is -2.84. The van der Waals surface area contributed by atoms with Gasteiger partial charge in [-0.3, -0.25) is 19.2 Å². The van der Waals surface area contributed by atoms with Gasteiger partial charge in [-0.05, 0) is 30.9 Å². The Kier molecular flexibility index (Phi) is 7.05. The van der Waals surface area contributed by atoms with Crippen LogP contribution in [0.4, 0.5) is 0 Å². The van der Waals surface area contributed by atoms with Gasteiger partial charge in [0.25, 0.3) is 0 Å². The fourth-order valence-corrected chi connectivity index (χ4v) is 3.91. The fraction of sp³-hybridized carbons (Fsp3) is 0.471. The second kappa shape index (κ2) is 9.07. The summed E-state index contributed by atoms with van der Waals surface area (Å²) < 4.78 is 27.4. The Bertz CT molecular complexity index is 794. The Morgan fingerprint density at radius 3 is 2.52 bits per heavy atom. The van der Waals surface area contributed by atoms with E-state index in [1.807, 2.05) is 5.48 Å². The van der Waals surface area contributed by atoms with Crippen LogP contribution in [0.3, 0.4) is 0 Å². The minimum atomic E-state index is -3.92. The van der Waals surface area contributed by atoms with Gasteiger partial charge in [-0.15, -0.1) is 0 Å². The summed E-state index contributed by atoms with van der Waals surface area (Å²) in [5, 5.41) is 2.49. The number of hydrogen-bond acceptors (Lipinski definition) is 6. The molecule has 27 heavy (non-hydrogen) atoms. The molecule has 2 unspecified atom stereocenters. The molecule has 9 nitrogen and oxygen atoms in total. The van der Waals surface area contributed by atoms with E-state index in [9.17, 15) is 22.8 Å². The predicted octanol–water partition coefficient (Wildman–Crippen LogP) is -0.115. The normalized spacial score (nSPS) is 19.7. The van der Waals surface area contributed by atoms with Gasteiger partial charge in [0.15, 0.2) is 0 Å². The SMILES string of the molecule is CC(C)C(NS(=O)(=O)c1ccccc1)C(=O)NC1CCCONC(=O)C1=O. The lowest BCUT2D eigenvalue weighted by Gasteiger charge is -2.25. The number of carbonyl (C=O) groups is 3. The molecule has 0 saturated carbocycles. The molecule has 1 saturated heterocycles. The summed E-state index contributed by atoms with van der Waals surface area (Å²) in [6, 6.07) is 5.53. The summed E-state index contributed by atoms with van der Waals surface area (Å²) in [6.07, 6.45) is 0.660. The van der Waals surface area contributed by atoms with Gasteiger partial charge in [-0.1, -0.05) is 32.0 Å². The van der Waals surface area contributed by atoms with E-state index in [1.54, 1.807) is 32.0 Å². The molecule has 10 heteroatoms. The average molecular weight is 397 g/mol. The highest BCUT2D eigenvalue weighted by atomic mass is 32.2. The van der Waals surface area contributed by atoms with E-state index >= 15 is 0 Å². The Balaban J connectivity index is 2.14. The first kappa shape index (κ1) is 21.0. The van der Waals surface area contributed by atoms with E-state index in [2.05, 4.69) is 10.0 Å². The standard InChI is InChI=1S/C17H23N3O6S/c1-11(2)14(20-27(24,25)12-7-4-3-5-8-12)16(22)18-13-9-6-10-26-19-17(23)15(13)21/h3-5,7-8,11,13-14,20H,6,9-10H2,1-2H3,(H,18,22)(H,19,23). The van der Waals surface area contributed by atoms with Crippen LogP contribution in [0.2, 0.25) is 0 Å². The molecular weight excluding hydrogens is 374 g/mol. The van der Waals surface area contributed by atoms with Crippen LogP contribution in [0, 0.1) is 5.92 Å². The first-order valence-corrected chi connectivity index (χ1v) is 10.0. The van der Waals surface area contributed by atoms with Crippen LogP contribution in [-0.4, -0.2) is 44.7 Å². The van der Waals surface area contributed by atoms with Gasteiger partial charge in [0.2, 0.25) is 21.7 Å². The van der Waals surface area contributed by atoms with Crippen molar-refractivity contribution >= 4 is 27.6 Å². The molecule has 0 radical (unpaired) electrons. The van der Waals surface area contributed by atoms with Crippen molar-refractivity contribution in [2.24, 2.45) is 5.92 Å². The number of sulfonamides is 1. The van der Waals surface area contributed by atoms with Crippen molar-refractivity contribution in [3.8, 4) is 0 Å². The summed E-state index contributed by atoms with van der Waals surface area (Å²) in [5.41, 5.74) is 2.00. The number of hydroxylamine groups is 1.